The summed E-state index contributed by atoms with van der Waals surface area (Å²) in [7, 11) is 0. The molecule has 0 amide bonds. The molecule has 0 radical (unpaired) electrons. The van der Waals surface area contributed by atoms with Crippen molar-refractivity contribution in [2.75, 3.05) is 6.54 Å². The lowest BCUT2D eigenvalue weighted by Gasteiger charge is -2.20. The van der Waals surface area contributed by atoms with Crippen molar-refractivity contribution in [2.24, 2.45) is 5.92 Å². The fourth-order valence-corrected chi connectivity index (χ4v) is 3.65. The van der Waals surface area contributed by atoms with Gasteiger partial charge in [0, 0.05) is 24.0 Å². The van der Waals surface area contributed by atoms with Gasteiger partial charge in [0.2, 0.25) is 0 Å². The molecule has 0 aliphatic heterocycles. The molecule has 0 spiro atoms. The second-order valence-corrected chi connectivity index (χ2v) is 5.81. The highest BCUT2D eigenvalue weighted by Crippen LogP contribution is 2.37. The Labute approximate surface area is 112 Å². The zero-order chi connectivity index (χ0) is 12.4. The minimum absolute atomic E-state index is 0.495. The molecule has 3 heteroatoms. The summed E-state index contributed by atoms with van der Waals surface area (Å²) in [6.45, 7) is 3.20. The lowest BCUT2D eigenvalue weighted by molar-refractivity contribution is 0.393. The van der Waals surface area contributed by atoms with Crippen LogP contribution in [0.5, 0.6) is 0 Å². The summed E-state index contributed by atoms with van der Waals surface area (Å²) in [6, 6.07) is 9.32. The van der Waals surface area contributed by atoms with Gasteiger partial charge in [-0.25, -0.2) is 4.98 Å². The van der Waals surface area contributed by atoms with Gasteiger partial charge in [-0.05, 0) is 30.0 Å². The van der Waals surface area contributed by atoms with Gasteiger partial charge in [0.15, 0.2) is 0 Å². The predicted octanol–water partition coefficient (Wildman–Crippen LogP) is 3.21. The minimum atomic E-state index is 0.495. The van der Waals surface area contributed by atoms with Gasteiger partial charge in [-0.3, -0.25) is 0 Å². The van der Waals surface area contributed by atoms with Gasteiger partial charge in [0.1, 0.15) is 0 Å². The van der Waals surface area contributed by atoms with Crippen LogP contribution in [0.1, 0.15) is 29.1 Å². The van der Waals surface area contributed by atoms with E-state index in [1.54, 1.807) is 11.3 Å². The first kappa shape index (κ1) is 11.9. The van der Waals surface area contributed by atoms with Gasteiger partial charge in [-0.2, -0.15) is 0 Å². The van der Waals surface area contributed by atoms with Crippen LogP contribution >= 0.6 is 11.3 Å². The van der Waals surface area contributed by atoms with E-state index in [0.717, 1.165) is 13.0 Å². The van der Waals surface area contributed by atoms with Crippen LogP contribution in [-0.2, 0) is 12.8 Å². The highest BCUT2D eigenvalue weighted by Gasteiger charge is 2.31. The Balaban J connectivity index is 1.83. The van der Waals surface area contributed by atoms with Crippen LogP contribution in [0.2, 0.25) is 0 Å². The standard InChI is InChI=1S/C15H18N2S/c1-2-16-15-12(10-14-17-7-8-18-14)9-11-5-3-4-6-13(11)15/h3-8,12,15-16H,2,9-10H2,1H3. The molecule has 0 bridgehead atoms. The SMILES string of the molecule is CCNC1c2ccccc2CC1Cc1nccs1. The third-order valence-corrected chi connectivity index (χ3v) is 4.49. The van der Waals surface area contributed by atoms with Gasteiger partial charge in [-0.1, -0.05) is 31.2 Å². The number of nitrogens with one attached hydrogen (secondary N) is 1. The molecule has 1 aromatic heterocycles. The number of aromatic nitrogens is 1. The first-order chi connectivity index (χ1) is 8.88. The molecule has 2 nitrogen and oxygen atoms in total. The highest BCUT2D eigenvalue weighted by atomic mass is 32.1. The molecular formula is C15H18N2S. The van der Waals surface area contributed by atoms with E-state index < -0.39 is 0 Å². The minimum Gasteiger partial charge on any atom is -0.310 e. The molecule has 0 saturated heterocycles. The van der Waals surface area contributed by atoms with Gasteiger partial charge in [0.05, 0.1) is 5.01 Å². The van der Waals surface area contributed by atoms with Crippen molar-refractivity contribution in [3.8, 4) is 0 Å². The fraction of sp³-hybridized carbons (Fsp3) is 0.400. The summed E-state index contributed by atoms with van der Waals surface area (Å²) in [4.78, 5) is 4.43. The Kier molecular flexibility index (Phi) is 3.43. The molecule has 94 valence electrons. The van der Waals surface area contributed by atoms with Crippen molar-refractivity contribution in [3.63, 3.8) is 0 Å². The zero-order valence-electron chi connectivity index (χ0n) is 10.6. The Bertz CT molecular complexity index is 505. The molecule has 0 saturated carbocycles. The second-order valence-electron chi connectivity index (χ2n) is 4.83. The van der Waals surface area contributed by atoms with E-state index in [1.165, 1.54) is 22.6 Å². The fourth-order valence-electron chi connectivity index (χ4n) is 2.94. The van der Waals surface area contributed by atoms with Crippen molar-refractivity contribution < 1.29 is 0 Å². The summed E-state index contributed by atoms with van der Waals surface area (Å²) >= 11 is 1.77. The zero-order valence-corrected chi connectivity index (χ0v) is 11.4. The van der Waals surface area contributed by atoms with Crippen LogP contribution in [0.25, 0.3) is 0 Å². The number of thiazole rings is 1. The number of hydrogen-bond acceptors (Lipinski definition) is 3. The van der Waals surface area contributed by atoms with Crippen LogP contribution in [0, 0.1) is 5.92 Å². The molecule has 2 aromatic rings. The van der Waals surface area contributed by atoms with Gasteiger partial charge < -0.3 is 5.32 Å². The van der Waals surface area contributed by atoms with Crippen molar-refractivity contribution >= 4 is 11.3 Å². The largest absolute Gasteiger partial charge is 0.310 e. The van der Waals surface area contributed by atoms with Gasteiger partial charge >= 0.3 is 0 Å². The van der Waals surface area contributed by atoms with Crippen LogP contribution in [-0.4, -0.2) is 11.5 Å². The highest BCUT2D eigenvalue weighted by molar-refractivity contribution is 7.09. The summed E-state index contributed by atoms with van der Waals surface area (Å²) in [5, 5.41) is 6.97. The molecule has 1 N–H and O–H groups in total. The lowest BCUT2D eigenvalue weighted by Crippen LogP contribution is -2.26. The average Bonchev–Trinajstić information content (AvgIpc) is 3.00. The van der Waals surface area contributed by atoms with Crippen molar-refractivity contribution in [1.29, 1.82) is 0 Å². The Morgan fingerprint density at radius 3 is 3.06 bits per heavy atom. The van der Waals surface area contributed by atoms with E-state index in [2.05, 4.69) is 46.9 Å². The molecule has 2 unspecified atom stereocenters. The van der Waals surface area contributed by atoms with Crippen LogP contribution in [0.3, 0.4) is 0 Å². The summed E-state index contributed by atoms with van der Waals surface area (Å²) < 4.78 is 0. The summed E-state index contributed by atoms with van der Waals surface area (Å²) in [6.07, 6.45) is 4.17. The molecule has 18 heavy (non-hydrogen) atoms. The van der Waals surface area contributed by atoms with Crippen molar-refractivity contribution in [1.82, 2.24) is 10.3 Å². The second kappa shape index (κ2) is 5.21. The van der Waals surface area contributed by atoms with Crippen LogP contribution in [0.4, 0.5) is 0 Å². The Morgan fingerprint density at radius 2 is 2.28 bits per heavy atom. The summed E-state index contributed by atoms with van der Waals surface area (Å²) in [5.41, 5.74) is 2.99. The van der Waals surface area contributed by atoms with E-state index in [-0.39, 0.29) is 0 Å². The average molecular weight is 258 g/mol. The van der Waals surface area contributed by atoms with Gasteiger partial charge in [-0.15, -0.1) is 11.3 Å². The quantitative estimate of drug-likeness (QED) is 0.911. The summed E-state index contributed by atoms with van der Waals surface area (Å²) in [5.74, 6) is 0.647. The molecule has 0 fully saturated rings. The van der Waals surface area contributed by atoms with Crippen molar-refractivity contribution in [2.45, 2.75) is 25.8 Å². The maximum atomic E-state index is 4.43. The molecule has 1 aromatic carbocycles. The topological polar surface area (TPSA) is 24.9 Å². The maximum absolute atomic E-state index is 4.43. The maximum Gasteiger partial charge on any atom is 0.0928 e. The number of hydrogen-bond donors (Lipinski definition) is 1. The first-order valence-corrected chi connectivity index (χ1v) is 7.46. The number of benzene rings is 1. The Hall–Kier alpha value is -1.19. The monoisotopic (exact) mass is 258 g/mol. The normalized spacial score (nSPS) is 22.1. The van der Waals surface area contributed by atoms with Crippen LogP contribution in [0.15, 0.2) is 35.8 Å². The van der Waals surface area contributed by atoms with E-state index in [0.29, 0.717) is 12.0 Å². The van der Waals surface area contributed by atoms with Gasteiger partial charge in [0.25, 0.3) is 0 Å². The molecule has 3 rings (SSSR count). The van der Waals surface area contributed by atoms with E-state index in [4.69, 9.17) is 0 Å². The van der Waals surface area contributed by atoms with E-state index >= 15 is 0 Å². The molecule has 1 heterocycles. The molecule has 2 atom stereocenters. The Morgan fingerprint density at radius 1 is 1.39 bits per heavy atom. The number of nitrogens with zero attached hydrogens (tertiary/aromatic N) is 1. The smallest absolute Gasteiger partial charge is 0.0928 e. The molecule has 1 aliphatic carbocycles. The third-order valence-electron chi connectivity index (χ3n) is 3.69. The van der Waals surface area contributed by atoms with E-state index in [9.17, 15) is 0 Å². The number of fused-ring (bicyclic) bond motifs is 1. The molecular weight excluding hydrogens is 240 g/mol. The molecule has 1 aliphatic rings. The first-order valence-electron chi connectivity index (χ1n) is 6.58. The van der Waals surface area contributed by atoms with Crippen LogP contribution < -0.4 is 5.32 Å². The lowest BCUT2D eigenvalue weighted by atomic mass is 9.97. The predicted molar refractivity (Wildman–Crippen MR) is 75.9 cm³/mol. The third kappa shape index (κ3) is 2.20. The number of rotatable bonds is 4. The van der Waals surface area contributed by atoms with Crippen molar-refractivity contribution in [3.05, 3.63) is 52.0 Å². The van der Waals surface area contributed by atoms with E-state index in [1.807, 2.05) is 6.20 Å².